The van der Waals surface area contributed by atoms with Gasteiger partial charge in [0.1, 0.15) is 24.7 Å². The minimum Gasteiger partial charge on any atom is -0.484 e. The lowest BCUT2D eigenvalue weighted by Gasteiger charge is -2.56. The van der Waals surface area contributed by atoms with Crippen LogP contribution in [-0.4, -0.2) is 62.5 Å². The maximum absolute atomic E-state index is 13.6. The Balaban J connectivity index is 1.43. The SMILES string of the molecule is CC(C)(C)[N+]1(CCc2nc3ccc(F)cc3[nH]c2=O)CC[CH]CC1Cc1cc2c(nn1)OCCO2. The molecule has 0 bridgehead atoms. The van der Waals surface area contributed by atoms with Crippen LogP contribution in [0.3, 0.4) is 0 Å². The molecule has 1 N–H and O–H groups in total. The van der Waals surface area contributed by atoms with Crippen molar-refractivity contribution in [1.82, 2.24) is 20.2 Å². The number of hydrogen-bond acceptors (Lipinski definition) is 6. The van der Waals surface area contributed by atoms with Crippen molar-refractivity contribution in [2.75, 3.05) is 26.3 Å². The number of aromatic amines is 1. The molecular formula is C26H32FN5O3+. The lowest BCUT2D eigenvalue weighted by Crippen LogP contribution is -2.68. The van der Waals surface area contributed by atoms with Gasteiger partial charge in [-0.2, -0.15) is 5.10 Å². The van der Waals surface area contributed by atoms with E-state index in [-0.39, 0.29) is 17.1 Å². The van der Waals surface area contributed by atoms with Crippen molar-refractivity contribution in [1.29, 1.82) is 0 Å². The van der Waals surface area contributed by atoms with Crippen molar-refractivity contribution >= 4 is 11.0 Å². The second-order valence-corrected chi connectivity index (χ2v) is 10.4. The fourth-order valence-corrected chi connectivity index (χ4v) is 5.59. The Morgan fingerprint density at radius 2 is 2.00 bits per heavy atom. The van der Waals surface area contributed by atoms with E-state index in [9.17, 15) is 9.18 Å². The third-order valence-corrected chi connectivity index (χ3v) is 7.48. The molecule has 35 heavy (non-hydrogen) atoms. The van der Waals surface area contributed by atoms with Crippen molar-refractivity contribution in [3.63, 3.8) is 0 Å². The highest BCUT2D eigenvalue weighted by atomic mass is 19.1. The highest BCUT2D eigenvalue weighted by Gasteiger charge is 2.48. The summed E-state index contributed by atoms with van der Waals surface area (Å²) in [5, 5.41) is 8.67. The van der Waals surface area contributed by atoms with E-state index in [0.29, 0.717) is 48.0 Å². The number of aromatic nitrogens is 4. The number of nitrogens with one attached hydrogen (secondary N) is 1. The van der Waals surface area contributed by atoms with Crippen LogP contribution in [0.15, 0.2) is 29.1 Å². The van der Waals surface area contributed by atoms with Gasteiger partial charge >= 0.3 is 0 Å². The molecule has 0 saturated carbocycles. The molecule has 8 nitrogen and oxygen atoms in total. The smallest absolute Gasteiger partial charge is 0.276 e. The van der Waals surface area contributed by atoms with Crippen LogP contribution in [0.1, 0.15) is 45.0 Å². The normalized spacial score (nSPS) is 22.3. The average molecular weight is 482 g/mol. The molecule has 1 saturated heterocycles. The lowest BCUT2D eigenvalue weighted by atomic mass is 9.86. The summed E-state index contributed by atoms with van der Waals surface area (Å²) >= 11 is 0. The molecule has 2 aliphatic rings. The van der Waals surface area contributed by atoms with Gasteiger partial charge in [-0.1, -0.05) is 0 Å². The summed E-state index contributed by atoms with van der Waals surface area (Å²) in [5.74, 6) is 0.709. The van der Waals surface area contributed by atoms with E-state index in [4.69, 9.17) is 9.47 Å². The summed E-state index contributed by atoms with van der Waals surface area (Å²) in [5.41, 5.74) is 2.06. The Labute approximate surface area is 204 Å². The van der Waals surface area contributed by atoms with Gasteiger partial charge in [-0.05, 0) is 51.8 Å². The van der Waals surface area contributed by atoms with Gasteiger partial charge in [-0.3, -0.25) is 4.79 Å². The van der Waals surface area contributed by atoms with Gasteiger partial charge in [0.05, 0.1) is 41.4 Å². The summed E-state index contributed by atoms with van der Waals surface area (Å²) in [6.07, 6.45) is 5.60. The monoisotopic (exact) mass is 481 g/mol. The average Bonchev–Trinajstić information content (AvgIpc) is 2.83. The van der Waals surface area contributed by atoms with Crippen LogP contribution >= 0.6 is 0 Å². The van der Waals surface area contributed by atoms with Crippen molar-refractivity contribution in [3.05, 3.63) is 58.2 Å². The minimum absolute atomic E-state index is 0.0626. The predicted octanol–water partition coefficient (Wildman–Crippen LogP) is 3.39. The summed E-state index contributed by atoms with van der Waals surface area (Å²) in [6.45, 7) is 9.54. The van der Waals surface area contributed by atoms with Gasteiger partial charge < -0.3 is 18.9 Å². The van der Waals surface area contributed by atoms with E-state index >= 15 is 0 Å². The maximum Gasteiger partial charge on any atom is 0.276 e. The molecular weight excluding hydrogens is 449 g/mol. The molecule has 2 unspecified atom stereocenters. The topological polar surface area (TPSA) is 90.0 Å². The Bertz CT molecular complexity index is 1290. The van der Waals surface area contributed by atoms with Gasteiger partial charge in [0.2, 0.25) is 0 Å². The van der Waals surface area contributed by atoms with E-state index in [2.05, 4.69) is 47.4 Å². The Morgan fingerprint density at radius 1 is 1.17 bits per heavy atom. The number of benzene rings is 1. The Morgan fingerprint density at radius 3 is 2.83 bits per heavy atom. The van der Waals surface area contributed by atoms with Crippen LogP contribution in [0.4, 0.5) is 4.39 Å². The first-order chi connectivity index (χ1) is 16.7. The van der Waals surface area contributed by atoms with E-state index in [1.54, 1.807) is 6.07 Å². The zero-order valence-corrected chi connectivity index (χ0v) is 20.5. The zero-order valence-electron chi connectivity index (χ0n) is 20.5. The van der Waals surface area contributed by atoms with Crippen molar-refractivity contribution in [2.45, 2.75) is 58.0 Å². The Kier molecular flexibility index (Phi) is 6.21. The van der Waals surface area contributed by atoms with Crippen LogP contribution in [0.5, 0.6) is 11.6 Å². The third kappa shape index (κ3) is 4.61. The van der Waals surface area contributed by atoms with Crippen LogP contribution in [0.25, 0.3) is 11.0 Å². The van der Waals surface area contributed by atoms with Crippen LogP contribution in [0, 0.1) is 12.2 Å². The van der Waals surface area contributed by atoms with Gasteiger partial charge in [-0.15, -0.1) is 5.10 Å². The van der Waals surface area contributed by atoms with Crippen molar-refractivity contribution in [3.8, 4) is 11.6 Å². The van der Waals surface area contributed by atoms with Crippen molar-refractivity contribution in [2.24, 2.45) is 0 Å². The molecule has 1 radical (unpaired) electrons. The number of quaternary nitrogens is 1. The molecule has 1 fully saturated rings. The molecule has 2 aromatic heterocycles. The Hall–Kier alpha value is -3.07. The molecule has 2 aliphatic heterocycles. The fraction of sp³-hybridized carbons (Fsp3) is 0.500. The van der Waals surface area contributed by atoms with E-state index in [0.717, 1.165) is 42.5 Å². The zero-order chi connectivity index (χ0) is 24.6. The molecule has 185 valence electrons. The molecule has 1 aromatic carbocycles. The lowest BCUT2D eigenvalue weighted by molar-refractivity contribution is -0.994. The number of ether oxygens (including phenoxy) is 2. The molecule has 4 heterocycles. The molecule has 3 aromatic rings. The van der Waals surface area contributed by atoms with Crippen LogP contribution in [-0.2, 0) is 12.8 Å². The molecule has 0 aliphatic carbocycles. The summed E-state index contributed by atoms with van der Waals surface area (Å²) in [7, 11) is 0. The summed E-state index contributed by atoms with van der Waals surface area (Å²) in [6, 6.07) is 6.50. The first-order valence-electron chi connectivity index (χ1n) is 12.2. The second-order valence-electron chi connectivity index (χ2n) is 10.4. The first-order valence-corrected chi connectivity index (χ1v) is 12.2. The largest absolute Gasteiger partial charge is 0.484 e. The number of hydrogen-bond donors (Lipinski definition) is 1. The van der Waals surface area contributed by atoms with E-state index in [1.807, 2.05) is 6.07 Å². The molecule has 0 amide bonds. The maximum atomic E-state index is 13.6. The number of nitrogens with zero attached hydrogens (tertiary/aromatic N) is 4. The fourth-order valence-electron chi connectivity index (χ4n) is 5.59. The molecule has 5 rings (SSSR count). The molecule has 9 heteroatoms. The minimum atomic E-state index is -0.394. The highest BCUT2D eigenvalue weighted by molar-refractivity contribution is 5.73. The number of piperidine rings is 1. The van der Waals surface area contributed by atoms with E-state index in [1.165, 1.54) is 12.1 Å². The second kappa shape index (κ2) is 9.18. The van der Waals surface area contributed by atoms with Gasteiger partial charge in [0, 0.05) is 25.3 Å². The first kappa shape index (κ1) is 23.7. The van der Waals surface area contributed by atoms with Crippen molar-refractivity contribution < 1.29 is 18.3 Å². The number of fused-ring (bicyclic) bond motifs is 2. The quantitative estimate of drug-likeness (QED) is 0.562. The molecule has 2 atom stereocenters. The third-order valence-electron chi connectivity index (χ3n) is 7.48. The van der Waals surface area contributed by atoms with Gasteiger partial charge in [-0.25, -0.2) is 9.37 Å². The van der Waals surface area contributed by atoms with Gasteiger partial charge in [0.15, 0.2) is 5.75 Å². The standard InChI is InChI=1S/C26H31FN5O3/c1-26(2,3)32(11-9-21-24(33)29-22-14-17(27)7-8-20(22)28-21)10-5-4-6-19(32)15-18-16-23-25(31-30-18)35-13-12-34-23/h4,7-8,14,16,19H,5-6,9-13,15H2,1-3H3/p+1. The van der Waals surface area contributed by atoms with Crippen LogP contribution in [0.2, 0.25) is 0 Å². The molecule has 0 spiro atoms. The number of H-pyrrole nitrogens is 1. The number of rotatable bonds is 5. The highest BCUT2D eigenvalue weighted by Crippen LogP contribution is 2.37. The van der Waals surface area contributed by atoms with Gasteiger partial charge in [0.25, 0.3) is 11.4 Å². The predicted molar refractivity (Wildman–Crippen MR) is 130 cm³/mol. The number of halogens is 1. The summed E-state index contributed by atoms with van der Waals surface area (Å²) in [4.78, 5) is 20.2. The summed E-state index contributed by atoms with van der Waals surface area (Å²) < 4.78 is 25.7. The van der Waals surface area contributed by atoms with Crippen LogP contribution < -0.4 is 15.0 Å². The number of likely N-dealkylation sites (tertiary alicyclic amines) is 1. The van der Waals surface area contributed by atoms with E-state index < -0.39 is 5.82 Å².